The van der Waals surface area contributed by atoms with Crippen LogP contribution in [0.5, 0.6) is 5.88 Å². The highest BCUT2D eigenvalue weighted by molar-refractivity contribution is 5.38. The molecule has 5 heteroatoms. The maximum Gasteiger partial charge on any atom is 0.218 e. The lowest BCUT2D eigenvalue weighted by molar-refractivity contribution is 0.00506. The van der Waals surface area contributed by atoms with Crippen LogP contribution in [0.3, 0.4) is 0 Å². The van der Waals surface area contributed by atoms with Crippen LogP contribution in [0.25, 0.3) is 0 Å². The summed E-state index contributed by atoms with van der Waals surface area (Å²) >= 11 is 0. The summed E-state index contributed by atoms with van der Waals surface area (Å²) in [5.41, 5.74) is -0.181. The van der Waals surface area contributed by atoms with Gasteiger partial charge in [-0.2, -0.15) is 4.98 Å². The smallest absolute Gasteiger partial charge is 0.218 e. The van der Waals surface area contributed by atoms with Crippen LogP contribution in [0.2, 0.25) is 0 Å². The van der Waals surface area contributed by atoms with E-state index in [4.69, 9.17) is 9.47 Å². The molecule has 0 aliphatic rings. The molecule has 0 saturated heterocycles. The highest BCUT2D eigenvalue weighted by Gasteiger charge is 2.16. The Kier molecular flexibility index (Phi) is 5.54. The molecule has 1 rings (SSSR count). The topological polar surface area (TPSA) is 56.3 Å². The Bertz CT molecular complexity index is 406. The van der Waals surface area contributed by atoms with Crippen LogP contribution < -0.4 is 10.1 Å². The largest absolute Gasteiger partial charge is 0.477 e. The lowest BCUT2D eigenvalue weighted by Gasteiger charge is -2.22. The summed E-state index contributed by atoms with van der Waals surface area (Å²) in [5, 5.41) is 3.02. The molecular formula is C14H25N3O2. The fraction of sp³-hybridized carbons (Fsp3) is 0.714. The zero-order valence-corrected chi connectivity index (χ0v) is 12.8. The number of anilines is 1. The molecule has 0 saturated carbocycles. The first-order valence-corrected chi connectivity index (χ1v) is 6.62. The zero-order chi connectivity index (χ0) is 14.5. The molecule has 19 heavy (non-hydrogen) atoms. The Morgan fingerprint density at radius 2 is 2.00 bits per heavy atom. The normalized spacial score (nSPS) is 11.7. The fourth-order valence-electron chi connectivity index (χ4n) is 1.41. The summed E-state index contributed by atoms with van der Waals surface area (Å²) in [6, 6.07) is 1.81. The quantitative estimate of drug-likeness (QED) is 0.823. The third-order valence-corrected chi connectivity index (χ3v) is 3.00. The average Bonchev–Trinajstić information content (AvgIpc) is 2.38. The Balaban J connectivity index is 2.70. The van der Waals surface area contributed by atoms with Gasteiger partial charge in [-0.15, -0.1) is 0 Å². The van der Waals surface area contributed by atoms with E-state index in [-0.39, 0.29) is 11.5 Å². The summed E-state index contributed by atoms with van der Waals surface area (Å²) in [7, 11) is 3.55. The standard InChI is InChI=1S/C14H25N3O2/c1-10(2)13-16-11(15-5)9-12(17-13)19-8-7-14(3,4)18-6/h9-10H,7-8H2,1-6H3,(H,15,16,17). The Hall–Kier alpha value is -1.36. The van der Waals surface area contributed by atoms with E-state index < -0.39 is 0 Å². The first-order valence-electron chi connectivity index (χ1n) is 6.62. The monoisotopic (exact) mass is 267 g/mol. The highest BCUT2D eigenvalue weighted by atomic mass is 16.5. The Morgan fingerprint density at radius 3 is 2.53 bits per heavy atom. The zero-order valence-electron chi connectivity index (χ0n) is 12.8. The van der Waals surface area contributed by atoms with Crippen LogP contribution >= 0.6 is 0 Å². The molecule has 1 N–H and O–H groups in total. The number of rotatable bonds is 7. The van der Waals surface area contributed by atoms with Crippen molar-refractivity contribution >= 4 is 5.82 Å². The van der Waals surface area contributed by atoms with Crippen molar-refractivity contribution in [2.45, 2.75) is 45.6 Å². The van der Waals surface area contributed by atoms with E-state index in [9.17, 15) is 0 Å². The van der Waals surface area contributed by atoms with Gasteiger partial charge in [0.05, 0.1) is 12.2 Å². The van der Waals surface area contributed by atoms with E-state index >= 15 is 0 Å². The van der Waals surface area contributed by atoms with Gasteiger partial charge in [0.25, 0.3) is 0 Å². The van der Waals surface area contributed by atoms with Gasteiger partial charge in [0.1, 0.15) is 11.6 Å². The van der Waals surface area contributed by atoms with Crippen LogP contribution in [-0.2, 0) is 4.74 Å². The third-order valence-electron chi connectivity index (χ3n) is 3.00. The maximum atomic E-state index is 5.71. The predicted molar refractivity (Wildman–Crippen MR) is 76.9 cm³/mol. The summed E-state index contributed by atoms with van der Waals surface area (Å²) in [5.74, 6) is 2.44. The van der Waals surface area contributed by atoms with E-state index in [2.05, 4.69) is 29.1 Å². The third kappa shape index (κ3) is 5.03. The lowest BCUT2D eigenvalue weighted by Crippen LogP contribution is -2.25. The molecule has 0 atom stereocenters. The van der Waals surface area contributed by atoms with Gasteiger partial charge in [0.15, 0.2) is 0 Å². The molecule has 0 unspecified atom stereocenters. The minimum absolute atomic E-state index is 0.181. The Morgan fingerprint density at radius 1 is 1.32 bits per heavy atom. The van der Waals surface area contributed by atoms with Gasteiger partial charge in [-0.1, -0.05) is 13.8 Å². The summed E-state index contributed by atoms with van der Waals surface area (Å²) in [6.45, 7) is 8.77. The van der Waals surface area contributed by atoms with Crippen molar-refractivity contribution in [3.8, 4) is 5.88 Å². The van der Waals surface area contributed by atoms with Crippen molar-refractivity contribution in [3.05, 3.63) is 11.9 Å². The van der Waals surface area contributed by atoms with E-state index in [1.54, 1.807) is 7.11 Å². The van der Waals surface area contributed by atoms with E-state index in [0.717, 1.165) is 18.1 Å². The van der Waals surface area contributed by atoms with Crippen LogP contribution in [0.4, 0.5) is 5.82 Å². The number of nitrogens with one attached hydrogen (secondary N) is 1. The lowest BCUT2D eigenvalue weighted by atomic mass is 10.1. The van der Waals surface area contributed by atoms with Crippen LogP contribution in [0.15, 0.2) is 6.07 Å². The van der Waals surface area contributed by atoms with Crippen molar-refractivity contribution in [3.63, 3.8) is 0 Å². The Labute approximate surface area is 115 Å². The molecule has 0 amide bonds. The highest BCUT2D eigenvalue weighted by Crippen LogP contribution is 2.19. The van der Waals surface area contributed by atoms with E-state index in [0.29, 0.717) is 12.5 Å². The molecule has 0 radical (unpaired) electrons. The van der Waals surface area contributed by atoms with Gasteiger partial charge >= 0.3 is 0 Å². The van der Waals surface area contributed by atoms with Gasteiger partial charge in [0, 0.05) is 32.6 Å². The summed E-state index contributed by atoms with van der Waals surface area (Å²) < 4.78 is 11.1. The minimum Gasteiger partial charge on any atom is -0.477 e. The first kappa shape index (κ1) is 15.7. The molecular weight excluding hydrogens is 242 g/mol. The minimum atomic E-state index is -0.181. The molecule has 0 aliphatic heterocycles. The van der Waals surface area contributed by atoms with Gasteiger partial charge in [-0.05, 0) is 13.8 Å². The molecule has 1 aromatic rings. The molecule has 108 valence electrons. The van der Waals surface area contributed by atoms with Crippen LogP contribution in [0.1, 0.15) is 45.9 Å². The SMILES string of the molecule is CNc1cc(OCCC(C)(C)OC)nc(C(C)C)n1. The van der Waals surface area contributed by atoms with Gasteiger partial charge in [0.2, 0.25) is 5.88 Å². The second-order valence-corrected chi connectivity index (χ2v) is 5.42. The average molecular weight is 267 g/mol. The molecule has 0 fully saturated rings. The summed E-state index contributed by atoms with van der Waals surface area (Å²) in [6.07, 6.45) is 0.805. The summed E-state index contributed by atoms with van der Waals surface area (Å²) in [4.78, 5) is 8.81. The molecule has 0 aromatic carbocycles. The molecule has 0 bridgehead atoms. The van der Waals surface area contributed by atoms with Crippen molar-refractivity contribution in [1.29, 1.82) is 0 Å². The molecule has 0 spiro atoms. The van der Waals surface area contributed by atoms with Crippen molar-refractivity contribution in [1.82, 2.24) is 9.97 Å². The maximum absolute atomic E-state index is 5.71. The first-order chi connectivity index (χ1) is 8.88. The van der Waals surface area contributed by atoms with Crippen LogP contribution in [0, 0.1) is 0 Å². The van der Waals surface area contributed by atoms with E-state index in [1.807, 2.05) is 27.0 Å². The van der Waals surface area contributed by atoms with Gasteiger partial charge in [-0.3, -0.25) is 0 Å². The van der Waals surface area contributed by atoms with Crippen molar-refractivity contribution in [2.75, 3.05) is 26.1 Å². The number of aromatic nitrogens is 2. The number of ether oxygens (including phenoxy) is 2. The molecule has 1 heterocycles. The molecule has 5 nitrogen and oxygen atoms in total. The fourth-order valence-corrected chi connectivity index (χ4v) is 1.41. The number of nitrogens with zero attached hydrogens (tertiary/aromatic N) is 2. The second-order valence-electron chi connectivity index (χ2n) is 5.42. The molecule has 1 aromatic heterocycles. The van der Waals surface area contributed by atoms with Gasteiger partial charge in [-0.25, -0.2) is 4.98 Å². The predicted octanol–water partition coefficient (Wildman–Crippen LogP) is 2.84. The molecule has 0 aliphatic carbocycles. The number of methoxy groups -OCH3 is 1. The van der Waals surface area contributed by atoms with Crippen LogP contribution in [-0.4, -0.2) is 36.3 Å². The van der Waals surface area contributed by atoms with Crippen molar-refractivity contribution in [2.24, 2.45) is 0 Å². The van der Waals surface area contributed by atoms with E-state index in [1.165, 1.54) is 0 Å². The van der Waals surface area contributed by atoms with Crippen molar-refractivity contribution < 1.29 is 9.47 Å². The number of hydrogen-bond acceptors (Lipinski definition) is 5. The number of hydrogen-bond donors (Lipinski definition) is 1. The second kappa shape index (κ2) is 6.70. The van der Waals surface area contributed by atoms with Gasteiger partial charge < -0.3 is 14.8 Å².